The molecule has 2 atom stereocenters. The van der Waals surface area contributed by atoms with E-state index in [2.05, 4.69) is 16.7 Å². The largest absolute Gasteiger partial charge is 0.448 e. The maximum absolute atomic E-state index is 15.1. The van der Waals surface area contributed by atoms with E-state index in [1.54, 1.807) is 30.5 Å². The zero-order valence-corrected chi connectivity index (χ0v) is 20.5. The van der Waals surface area contributed by atoms with Crippen LogP contribution in [0.5, 0.6) is 0 Å². The Morgan fingerprint density at radius 2 is 1.83 bits per heavy atom. The third-order valence-electron chi connectivity index (χ3n) is 6.01. The normalized spacial score (nSPS) is 15.9. The molecule has 1 heterocycles. The third-order valence-corrected chi connectivity index (χ3v) is 6.95. The van der Waals surface area contributed by atoms with Crippen LogP contribution in [0.15, 0.2) is 51.8 Å². The minimum absolute atomic E-state index is 0.0721. The number of carbonyl (C=O) groups is 2. The highest BCUT2D eigenvalue weighted by Crippen LogP contribution is 2.34. The molecule has 35 heavy (non-hydrogen) atoms. The van der Waals surface area contributed by atoms with Gasteiger partial charge in [0, 0.05) is 22.0 Å². The molecule has 182 valence electrons. The van der Waals surface area contributed by atoms with Gasteiger partial charge in [-0.05, 0) is 60.6 Å². The van der Waals surface area contributed by atoms with Crippen LogP contribution in [-0.2, 0) is 15.6 Å². The zero-order chi connectivity index (χ0) is 25.3. The summed E-state index contributed by atoms with van der Waals surface area (Å²) in [6, 6.07) is 13.2. The van der Waals surface area contributed by atoms with Crippen LogP contribution < -0.4 is 10.6 Å². The van der Waals surface area contributed by atoms with Crippen LogP contribution in [0.25, 0.3) is 22.1 Å². The average Bonchev–Trinajstić information content (AvgIpc) is 3.53. The van der Waals surface area contributed by atoms with Crippen LogP contribution in [0.2, 0.25) is 0 Å². The fraction of sp³-hybridized carbons (Fsp3) is 0.346. The van der Waals surface area contributed by atoms with Gasteiger partial charge in [0.05, 0.1) is 11.5 Å². The van der Waals surface area contributed by atoms with Crippen LogP contribution in [0.1, 0.15) is 43.7 Å². The van der Waals surface area contributed by atoms with Crippen molar-refractivity contribution in [1.29, 1.82) is 5.26 Å². The quantitative estimate of drug-likeness (QED) is 0.484. The van der Waals surface area contributed by atoms with Gasteiger partial charge in [-0.25, -0.2) is 4.39 Å². The molecule has 1 saturated carbocycles. The molecule has 0 saturated heterocycles. The van der Waals surface area contributed by atoms with E-state index in [1.165, 1.54) is 6.07 Å². The molecular formula is C26H26FN3O4S. The summed E-state index contributed by atoms with van der Waals surface area (Å²) in [7, 11) is -1.09. The molecule has 1 fully saturated rings. The van der Waals surface area contributed by atoms with E-state index >= 15 is 4.39 Å². The highest BCUT2D eigenvalue weighted by molar-refractivity contribution is 7.84. The minimum Gasteiger partial charge on any atom is -0.448 e. The average molecular weight is 496 g/mol. The number of halogens is 1. The van der Waals surface area contributed by atoms with Crippen LogP contribution in [0, 0.1) is 23.1 Å². The Labute approximate surface area is 205 Å². The monoisotopic (exact) mass is 495 g/mol. The highest BCUT2D eigenvalue weighted by atomic mass is 32.2. The van der Waals surface area contributed by atoms with Gasteiger partial charge in [-0.3, -0.25) is 13.8 Å². The second kappa shape index (κ2) is 9.62. The Bertz CT molecular complexity index is 1350. The topological polar surface area (TPSA) is 112 Å². The maximum Gasteiger partial charge on any atom is 0.290 e. The van der Waals surface area contributed by atoms with Gasteiger partial charge in [0.15, 0.2) is 5.82 Å². The van der Waals surface area contributed by atoms with Crippen molar-refractivity contribution >= 4 is 33.6 Å². The molecule has 7 nitrogen and oxygen atoms in total. The molecule has 1 aliphatic carbocycles. The number of carbonyl (C=O) groups excluding carboxylic acids is 2. The number of nitrogens with one attached hydrogen (secondary N) is 2. The van der Waals surface area contributed by atoms with Gasteiger partial charge in [0.1, 0.15) is 17.2 Å². The fourth-order valence-electron chi connectivity index (χ4n) is 3.87. The first-order valence-electron chi connectivity index (χ1n) is 11.3. The van der Waals surface area contributed by atoms with Crippen LogP contribution in [0.4, 0.5) is 4.39 Å². The lowest BCUT2D eigenvalue weighted by Gasteiger charge is -2.21. The Morgan fingerprint density at radius 1 is 1.17 bits per heavy atom. The summed E-state index contributed by atoms with van der Waals surface area (Å²) in [6.07, 6.45) is 3.06. The Hall–Kier alpha value is -3.51. The van der Waals surface area contributed by atoms with Crippen molar-refractivity contribution in [2.45, 2.75) is 49.6 Å². The predicted octanol–water partition coefficient (Wildman–Crippen LogP) is 4.29. The van der Waals surface area contributed by atoms with Crippen LogP contribution in [0.3, 0.4) is 0 Å². The summed E-state index contributed by atoms with van der Waals surface area (Å²) in [5.41, 5.74) is 0.890. The molecule has 3 aromatic rings. The first-order chi connectivity index (χ1) is 16.6. The summed E-state index contributed by atoms with van der Waals surface area (Å²) in [6.45, 7) is 3.80. The van der Waals surface area contributed by atoms with E-state index < -0.39 is 45.8 Å². The molecular weight excluding hydrogens is 469 g/mol. The van der Waals surface area contributed by atoms with E-state index in [4.69, 9.17) is 4.42 Å². The second-order valence-electron chi connectivity index (χ2n) is 9.27. The van der Waals surface area contributed by atoms with Gasteiger partial charge < -0.3 is 15.1 Å². The van der Waals surface area contributed by atoms with Gasteiger partial charge in [-0.2, -0.15) is 5.26 Å². The molecule has 0 aliphatic heterocycles. The van der Waals surface area contributed by atoms with Crippen molar-refractivity contribution in [2.75, 3.05) is 6.26 Å². The van der Waals surface area contributed by atoms with Gasteiger partial charge in [0.2, 0.25) is 11.7 Å². The molecule has 1 aromatic heterocycles. The number of rotatable bonds is 8. The SMILES string of the molecule is CC(C)CC(NC(=O)c1oc2cc(-c3ccc(S(C)=O)cc3)ccc2c1F)C(=O)NC1(C#N)CC1. The number of nitriles is 1. The van der Waals surface area contributed by atoms with Crippen molar-refractivity contribution in [3.63, 3.8) is 0 Å². The van der Waals surface area contributed by atoms with Gasteiger partial charge in [-0.1, -0.05) is 32.0 Å². The number of furan rings is 1. The molecule has 2 N–H and O–H groups in total. The van der Waals surface area contributed by atoms with Gasteiger partial charge in [0.25, 0.3) is 5.91 Å². The van der Waals surface area contributed by atoms with E-state index in [9.17, 15) is 19.1 Å². The molecule has 1 aliphatic rings. The second-order valence-corrected chi connectivity index (χ2v) is 10.7. The number of hydrogen-bond acceptors (Lipinski definition) is 5. The lowest BCUT2D eigenvalue weighted by Crippen LogP contribution is -2.50. The lowest BCUT2D eigenvalue weighted by molar-refractivity contribution is -0.123. The van der Waals surface area contributed by atoms with Crippen molar-refractivity contribution in [3.05, 3.63) is 54.0 Å². The first-order valence-corrected chi connectivity index (χ1v) is 12.9. The Balaban J connectivity index is 1.57. The predicted molar refractivity (Wildman–Crippen MR) is 130 cm³/mol. The third kappa shape index (κ3) is 5.28. The summed E-state index contributed by atoms with van der Waals surface area (Å²) >= 11 is 0. The van der Waals surface area contributed by atoms with Crippen LogP contribution in [-0.4, -0.2) is 33.9 Å². The molecule has 2 amide bonds. The summed E-state index contributed by atoms with van der Waals surface area (Å²) in [5, 5.41) is 14.7. The molecule has 9 heteroatoms. The van der Waals surface area contributed by atoms with Crippen molar-refractivity contribution in [1.82, 2.24) is 10.6 Å². The summed E-state index contributed by atoms with van der Waals surface area (Å²) in [5.74, 6) is -2.54. The molecule has 0 radical (unpaired) electrons. The van der Waals surface area contributed by atoms with E-state index in [0.717, 1.165) is 11.1 Å². The van der Waals surface area contributed by atoms with E-state index in [-0.39, 0.29) is 16.9 Å². The molecule has 2 unspecified atom stereocenters. The highest BCUT2D eigenvalue weighted by Gasteiger charge is 2.45. The standard InChI is InChI=1S/C26H26FN3O4S/c1-15(2)12-20(24(31)30-26(14-28)10-11-26)29-25(32)23-22(27)19-9-6-17(13-21(19)34-23)16-4-7-18(8-5-16)35(3)33/h4-9,13,15,20H,10-12H2,1-3H3,(H,29,32)(H,30,31). The first kappa shape index (κ1) is 24.6. The van der Waals surface area contributed by atoms with Crippen molar-refractivity contribution < 1.29 is 22.6 Å². The van der Waals surface area contributed by atoms with Crippen LogP contribution >= 0.6 is 0 Å². The Morgan fingerprint density at radius 3 is 2.40 bits per heavy atom. The molecule has 4 rings (SSSR count). The molecule has 0 spiro atoms. The minimum atomic E-state index is -1.09. The maximum atomic E-state index is 15.1. The summed E-state index contributed by atoms with van der Waals surface area (Å²) < 4.78 is 32.3. The number of amides is 2. The zero-order valence-electron chi connectivity index (χ0n) is 19.7. The number of hydrogen-bond donors (Lipinski definition) is 2. The summed E-state index contributed by atoms with van der Waals surface area (Å²) in [4.78, 5) is 26.4. The Kier molecular flexibility index (Phi) is 6.77. The smallest absolute Gasteiger partial charge is 0.290 e. The van der Waals surface area contributed by atoms with E-state index in [1.807, 2.05) is 26.0 Å². The molecule has 0 bridgehead atoms. The van der Waals surface area contributed by atoms with Gasteiger partial charge in [-0.15, -0.1) is 0 Å². The lowest BCUT2D eigenvalue weighted by atomic mass is 10.0. The van der Waals surface area contributed by atoms with E-state index in [0.29, 0.717) is 24.2 Å². The molecule has 2 aromatic carbocycles. The fourth-order valence-corrected chi connectivity index (χ4v) is 4.39. The number of benzene rings is 2. The van der Waals surface area contributed by atoms with Crippen molar-refractivity contribution in [2.24, 2.45) is 5.92 Å². The van der Waals surface area contributed by atoms with Gasteiger partial charge >= 0.3 is 0 Å². The van der Waals surface area contributed by atoms with Crippen molar-refractivity contribution in [3.8, 4) is 17.2 Å². The number of fused-ring (bicyclic) bond motifs is 1. The number of nitrogens with zero attached hydrogens (tertiary/aromatic N) is 1.